The summed E-state index contributed by atoms with van der Waals surface area (Å²) in [6, 6.07) is 8.04. The quantitative estimate of drug-likeness (QED) is 0.643. The highest BCUT2D eigenvalue weighted by Crippen LogP contribution is 2.41. The van der Waals surface area contributed by atoms with Crippen molar-refractivity contribution in [3.05, 3.63) is 36.7 Å². The van der Waals surface area contributed by atoms with Crippen molar-refractivity contribution >= 4 is 17.1 Å². The fourth-order valence-electron chi connectivity index (χ4n) is 5.06. The van der Waals surface area contributed by atoms with Gasteiger partial charge in [-0.05, 0) is 37.5 Å². The maximum Gasteiger partial charge on any atom is 0.233 e. The number of carbonyl (C=O) groups excluding carboxylic acids is 1. The molecule has 2 aliphatic heterocycles. The molecule has 3 fully saturated rings. The van der Waals surface area contributed by atoms with Crippen LogP contribution in [0.1, 0.15) is 19.3 Å². The third kappa shape index (κ3) is 3.02. The largest absolute Gasteiger partial charge is 0.480 e. The van der Waals surface area contributed by atoms with E-state index < -0.39 is 12.1 Å². The number of methoxy groups -OCH3 is 1. The van der Waals surface area contributed by atoms with Crippen molar-refractivity contribution in [2.75, 3.05) is 25.1 Å². The maximum absolute atomic E-state index is 13.5. The Morgan fingerprint density at radius 2 is 1.94 bits per heavy atom. The molecule has 3 aromatic rings. The van der Waals surface area contributed by atoms with Crippen molar-refractivity contribution in [3.8, 4) is 17.1 Å². The molecule has 0 N–H and O–H groups in total. The number of alkyl halides is 1. The van der Waals surface area contributed by atoms with Gasteiger partial charge in [-0.2, -0.15) is 5.10 Å². The van der Waals surface area contributed by atoms with Gasteiger partial charge in [-0.1, -0.05) is 0 Å². The van der Waals surface area contributed by atoms with Crippen LogP contribution in [0.25, 0.3) is 16.8 Å². The van der Waals surface area contributed by atoms with Crippen LogP contribution in [-0.4, -0.2) is 69.1 Å². The SMILES string of the molecule is COc1ccc(-c2cc3c(N4CC5CCC(C4)N5C(=O)[C@@H]4C[C@H]4F)ccnn3c2)nn1. The van der Waals surface area contributed by atoms with Crippen LogP contribution >= 0.6 is 0 Å². The molecule has 1 amide bonds. The average Bonchev–Trinajstić information content (AvgIpc) is 3.26. The first-order valence-electron chi connectivity index (χ1n) is 10.7. The van der Waals surface area contributed by atoms with Crippen LogP contribution in [-0.2, 0) is 4.79 Å². The smallest absolute Gasteiger partial charge is 0.233 e. The molecule has 8 nitrogen and oxygen atoms in total. The first-order chi connectivity index (χ1) is 15.1. The molecule has 9 heteroatoms. The molecule has 2 saturated heterocycles. The van der Waals surface area contributed by atoms with Crippen molar-refractivity contribution < 1.29 is 13.9 Å². The van der Waals surface area contributed by atoms with E-state index in [2.05, 4.69) is 26.3 Å². The predicted molar refractivity (Wildman–Crippen MR) is 112 cm³/mol. The Balaban J connectivity index is 1.29. The lowest BCUT2D eigenvalue weighted by molar-refractivity contribution is -0.136. The van der Waals surface area contributed by atoms with Crippen LogP contribution in [0.4, 0.5) is 10.1 Å². The zero-order valence-electron chi connectivity index (χ0n) is 17.2. The Bertz CT molecular complexity index is 1130. The van der Waals surface area contributed by atoms with E-state index in [-0.39, 0.29) is 18.0 Å². The van der Waals surface area contributed by atoms with E-state index in [1.165, 1.54) is 0 Å². The minimum absolute atomic E-state index is 0.0163. The molecule has 1 saturated carbocycles. The van der Waals surface area contributed by atoms with Gasteiger partial charge in [0, 0.05) is 49.2 Å². The van der Waals surface area contributed by atoms with Crippen LogP contribution in [0.5, 0.6) is 5.88 Å². The number of anilines is 1. The fourth-order valence-corrected chi connectivity index (χ4v) is 5.06. The average molecular weight is 422 g/mol. The summed E-state index contributed by atoms with van der Waals surface area (Å²) in [7, 11) is 1.56. The summed E-state index contributed by atoms with van der Waals surface area (Å²) in [5.41, 5.74) is 3.74. The molecule has 1 aliphatic carbocycles. The van der Waals surface area contributed by atoms with Crippen molar-refractivity contribution in [2.45, 2.75) is 37.5 Å². The van der Waals surface area contributed by atoms with E-state index in [1.54, 1.807) is 19.4 Å². The zero-order chi connectivity index (χ0) is 21.1. The summed E-state index contributed by atoms with van der Waals surface area (Å²) in [4.78, 5) is 17.0. The summed E-state index contributed by atoms with van der Waals surface area (Å²) in [6.45, 7) is 1.52. The van der Waals surface area contributed by atoms with Crippen LogP contribution in [0.2, 0.25) is 0 Å². The Labute approximate surface area is 178 Å². The van der Waals surface area contributed by atoms with Crippen molar-refractivity contribution in [2.24, 2.45) is 5.92 Å². The van der Waals surface area contributed by atoms with Gasteiger partial charge >= 0.3 is 0 Å². The van der Waals surface area contributed by atoms with Crippen molar-refractivity contribution in [3.63, 3.8) is 0 Å². The monoisotopic (exact) mass is 422 g/mol. The number of hydrogen-bond donors (Lipinski definition) is 0. The van der Waals surface area contributed by atoms with Gasteiger partial charge in [-0.25, -0.2) is 8.91 Å². The minimum atomic E-state index is -0.940. The number of carbonyl (C=O) groups is 1. The highest BCUT2D eigenvalue weighted by atomic mass is 19.1. The van der Waals surface area contributed by atoms with Crippen molar-refractivity contribution in [1.82, 2.24) is 24.7 Å². The first-order valence-corrected chi connectivity index (χ1v) is 10.7. The number of ether oxygens (including phenoxy) is 1. The second kappa shape index (κ2) is 6.90. The summed E-state index contributed by atoms with van der Waals surface area (Å²) in [5, 5.41) is 12.8. The number of fused-ring (bicyclic) bond motifs is 3. The number of nitrogens with zero attached hydrogens (tertiary/aromatic N) is 6. The van der Waals surface area contributed by atoms with E-state index in [1.807, 2.05) is 27.7 Å². The second-order valence-electron chi connectivity index (χ2n) is 8.63. The van der Waals surface area contributed by atoms with E-state index >= 15 is 0 Å². The van der Waals surface area contributed by atoms with Gasteiger partial charge in [0.1, 0.15) is 6.17 Å². The summed E-state index contributed by atoms with van der Waals surface area (Å²) in [6.07, 6.45) is 5.15. The molecule has 3 aliphatic rings. The predicted octanol–water partition coefficient (Wildman–Crippen LogP) is 2.34. The van der Waals surface area contributed by atoms with Crippen molar-refractivity contribution in [1.29, 1.82) is 0 Å². The van der Waals surface area contributed by atoms with Gasteiger partial charge in [0.05, 0.1) is 29.9 Å². The topological polar surface area (TPSA) is 75.9 Å². The van der Waals surface area contributed by atoms with E-state index in [4.69, 9.17) is 4.74 Å². The van der Waals surface area contributed by atoms with Gasteiger partial charge in [0.2, 0.25) is 11.8 Å². The molecule has 2 unspecified atom stereocenters. The Kier molecular flexibility index (Phi) is 4.12. The van der Waals surface area contributed by atoms with Crippen LogP contribution in [0, 0.1) is 5.92 Å². The highest BCUT2D eigenvalue weighted by Gasteiger charge is 2.51. The van der Waals surface area contributed by atoms with Crippen LogP contribution in [0.3, 0.4) is 0 Å². The fraction of sp³-hybridized carbons (Fsp3) is 0.455. The number of rotatable bonds is 4. The van der Waals surface area contributed by atoms with Gasteiger partial charge in [0.25, 0.3) is 0 Å². The third-order valence-electron chi connectivity index (χ3n) is 6.74. The van der Waals surface area contributed by atoms with Gasteiger partial charge < -0.3 is 14.5 Å². The molecule has 0 aromatic carbocycles. The van der Waals surface area contributed by atoms with E-state index in [0.717, 1.165) is 48.4 Å². The lowest BCUT2D eigenvalue weighted by atomic mass is 10.1. The standard InChI is InChI=1S/C22H23FN6O2/c1-31-21-5-4-18(25-26-21)13-8-20-19(6-7-24-28(20)10-13)27-11-14-2-3-15(12-27)29(14)22(30)16-9-17(16)23/h4-8,10,14-17H,2-3,9,11-12H2,1H3/t14?,15?,16-,17-/m1/s1. The van der Waals surface area contributed by atoms with E-state index in [9.17, 15) is 9.18 Å². The molecule has 5 heterocycles. The molecule has 0 spiro atoms. The normalized spacial score (nSPS) is 27.0. The number of piperazine rings is 1. The second-order valence-corrected chi connectivity index (χ2v) is 8.63. The van der Waals surface area contributed by atoms with Gasteiger partial charge in [0.15, 0.2) is 0 Å². The minimum Gasteiger partial charge on any atom is -0.480 e. The molecular weight excluding hydrogens is 399 g/mol. The Hall–Kier alpha value is -3.23. The number of aromatic nitrogens is 4. The van der Waals surface area contributed by atoms with Crippen LogP contribution < -0.4 is 9.64 Å². The van der Waals surface area contributed by atoms with Gasteiger partial charge in [-0.15, -0.1) is 10.2 Å². The van der Waals surface area contributed by atoms with Crippen LogP contribution in [0.15, 0.2) is 36.7 Å². The molecule has 3 aromatic heterocycles. The molecule has 0 radical (unpaired) electrons. The highest BCUT2D eigenvalue weighted by molar-refractivity contribution is 5.84. The molecule has 6 rings (SSSR count). The number of hydrogen-bond acceptors (Lipinski definition) is 6. The molecule has 31 heavy (non-hydrogen) atoms. The summed E-state index contributed by atoms with van der Waals surface area (Å²) < 4.78 is 20.4. The summed E-state index contributed by atoms with van der Waals surface area (Å²) >= 11 is 0. The van der Waals surface area contributed by atoms with E-state index in [0.29, 0.717) is 12.3 Å². The maximum atomic E-state index is 13.5. The summed E-state index contributed by atoms with van der Waals surface area (Å²) in [5.74, 6) is 0.0863. The molecular formula is C22H23FN6O2. The molecule has 2 bridgehead atoms. The Morgan fingerprint density at radius 3 is 2.58 bits per heavy atom. The number of halogens is 1. The molecule has 160 valence electrons. The molecule has 4 atom stereocenters. The number of amides is 1. The Morgan fingerprint density at radius 1 is 1.16 bits per heavy atom. The zero-order valence-corrected chi connectivity index (χ0v) is 17.2. The lowest BCUT2D eigenvalue weighted by Gasteiger charge is -2.42. The lowest BCUT2D eigenvalue weighted by Crippen LogP contribution is -2.56. The van der Waals surface area contributed by atoms with Gasteiger partial charge in [-0.3, -0.25) is 4.79 Å². The first kappa shape index (κ1) is 18.5. The third-order valence-corrected chi connectivity index (χ3v) is 6.74.